The van der Waals surface area contributed by atoms with Crippen molar-refractivity contribution in [3.8, 4) is 22.8 Å². The first-order chi connectivity index (χ1) is 27.3. The summed E-state index contributed by atoms with van der Waals surface area (Å²) in [6.45, 7) is 3.14. The molecular weight excluding hydrogens is 982 g/mol. The van der Waals surface area contributed by atoms with Crippen LogP contribution in [-0.4, -0.2) is 84.1 Å². The van der Waals surface area contributed by atoms with Gasteiger partial charge in [-0.1, -0.05) is 55.6 Å². The first-order valence-corrected chi connectivity index (χ1v) is 20.5. The van der Waals surface area contributed by atoms with E-state index in [0.29, 0.717) is 55.3 Å². The lowest BCUT2D eigenvalue weighted by atomic mass is 10.1. The largest absolute Gasteiger partial charge is 0.416 e. The summed E-state index contributed by atoms with van der Waals surface area (Å²) in [4.78, 5) is 22.2. The van der Waals surface area contributed by atoms with Gasteiger partial charge in [0.25, 0.3) is 0 Å². The number of anilines is 2. The van der Waals surface area contributed by atoms with E-state index in [1.54, 1.807) is 24.3 Å². The maximum atomic E-state index is 13.2. The lowest BCUT2D eigenvalue weighted by molar-refractivity contribution is -0.138. The Balaban J connectivity index is 0.000000221. The van der Waals surface area contributed by atoms with Crippen molar-refractivity contribution in [1.82, 2.24) is 29.7 Å². The molecule has 0 radical (unpaired) electrons. The number of nitrogens with one attached hydrogen (secondary N) is 2. The van der Waals surface area contributed by atoms with Crippen LogP contribution in [0.15, 0.2) is 86.2 Å². The average molecular weight is 1020 g/mol. The van der Waals surface area contributed by atoms with Crippen LogP contribution in [0.4, 0.5) is 38.0 Å². The van der Waals surface area contributed by atoms with Crippen molar-refractivity contribution >= 4 is 92.8 Å². The number of hydrogen-bond donors (Lipinski definition) is 2. The number of para-hydroxylation sites is 2. The van der Waals surface area contributed by atoms with E-state index in [4.69, 9.17) is 11.6 Å². The van der Waals surface area contributed by atoms with Crippen LogP contribution >= 0.6 is 59.4 Å². The van der Waals surface area contributed by atoms with Gasteiger partial charge in [0.05, 0.1) is 27.2 Å². The minimum Gasteiger partial charge on any atom is -0.369 e. The van der Waals surface area contributed by atoms with Gasteiger partial charge in [-0.25, -0.2) is 19.9 Å². The number of fused-ring (bicyclic) bond motifs is 2. The van der Waals surface area contributed by atoms with Crippen LogP contribution < -0.4 is 10.6 Å². The minimum atomic E-state index is -4.47. The van der Waals surface area contributed by atoms with Gasteiger partial charge in [-0.05, 0) is 131 Å². The summed E-state index contributed by atoms with van der Waals surface area (Å²) in [5, 5.41) is 8.51. The van der Waals surface area contributed by atoms with Crippen LogP contribution in [0.5, 0.6) is 0 Å². The van der Waals surface area contributed by atoms with E-state index in [-0.39, 0.29) is 17.2 Å². The molecule has 0 bridgehead atoms. The Morgan fingerprint density at radius 1 is 0.586 bits per heavy atom. The van der Waals surface area contributed by atoms with Crippen molar-refractivity contribution in [3.63, 3.8) is 0 Å². The van der Waals surface area contributed by atoms with E-state index in [2.05, 4.69) is 88.2 Å². The van der Waals surface area contributed by atoms with Gasteiger partial charge < -0.3 is 20.4 Å². The Morgan fingerprint density at radius 2 is 1.02 bits per heavy atom. The van der Waals surface area contributed by atoms with Gasteiger partial charge in [0.2, 0.25) is 0 Å². The molecule has 0 saturated heterocycles. The minimum absolute atomic E-state index is 0.174. The summed E-state index contributed by atoms with van der Waals surface area (Å²) >= 11 is 16.1. The second-order valence-electron chi connectivity index (χ2n) is 13.7. The molecule has 308 valence electrons. The highest BCUT2D eigenvalue weighted by Crippen LogP contribution is 2.38. The Bertz CT molecular complexity index is 2210. The first kappa shape index (κ1) is 45.5. The predicted octanol–water partition coefficient (Wildman–Crippen LogP) is 12.3. The fourth-order valence-electron chi connectivity index (χ4n) is 5.73. The fourth-order valence-corrected chi connectivity index (χ4v) is 7.39. The van der Waals surface area contributed by atoms with Crippen molar-refractivity contribution in [2.24, 2.45) is 0 Å². The normalized spacial score (nSPS) is 12.0. The third kappa shape index (κ3) is 12.2. The monoisotopic (exact) mass is 1020 g/mol. The molecule has 0 aliphatic carbocycles. The lowest BCUT2D eigenvalue weighted by Gasteiger charge is -2.14. The molecule has 18 heteroatoms. The van der Waals surface area contributed by atoms with E-state index >= 15 is 0 Å². The Kier molecular flexibility index (Phi) is 15.4. The molecule has 2 N–H and O–H groups in total. The van der Waals surface area contributed by atoms with Crippen molar-refractivity contribution in [1.29, 1.82) is 0 Å². The molecule has 0 aliphatic rings. The number of nitrogens with zero attached hydrogens (tertiary/aromatic N) is 6. The standard InChI is InChI=1S/C20H19Br2F3N4.C20H19BrClF3N4/c2*1-29(2)8-4-7-26-19-15-5-3-6-16(22)17(15)27-18(28-19)12-9-13(20(23,24)25)11-14(21)10-12/h2*3,5-6,9-11H,4,7-8H2,1-2H3,(H,26,27,28). The molecule has 0 amide bonds. The molecule has 0 unspecified atom stereocenters. The molecule has 2 heterocycles. The highest BCUT2D eigenvalue weighted by Gasteiger charge is 2.32. The number of rotatable bonds is 12. The molecule has 0 fully saturated rings. The zero-order valence-electron chi connectivity index (χ0n) is 31.6. The number of hydrogen-bond acceptors (Lipinski definition) is 8. The Labute approximate surface area is 362 Å². The van der Waals surface area contributed by atoms with Crippen molar-refractivity contribution in [3.05, 3.63) is 102 Å². The SMILES string of the molecule is CN(C)CCCNc1nc(-c2cc(Br)cc(C(F)(F)F)c2)nc2c(Br)cccc12.CN(C)CCCNc1nc(-c2cc(Br)cc(C(F)(F)F)c2)nc2c(Cl)cccc12. The number of alkyl halides is 6. The molecule has 2 aromatic heterocycles. The van der Waals surface area contributed by atoms with Crippen LogP contribution in [0.3, 0.4) is 0 Å². The third-order valence-corrected chi connectivity index (χ3v) is 10.3. The maximum absolute atomic E-state index is 13.2. The molecule has 0 spiro atoms. The summed E-state index contributed by atoms with van der Waals surface area (Å²) in [6.07, 6.45) is -7.15. The van der Waals surface area contributed by atoms with E-state index in [0.717, 1.165) is 65.4 Å². The van der Waals surface area contributed by atoms with E-state index in [1.807, 2.05) is 52.5 Å². The predicted molar refractivity (Wildman–Crippen MR) is 231 cm³/mol. The zero-order valence-corrected chi connectivity index (χ0v) is 37.1. The van der Waals surface area contributed by atoms with Crippen molar-refractivity contribution < 1.29 is 26.3 Å². The molecule has 58 heavy (non-hydrogen) atoms. The smallest absolute Gasteiger partial charge is 0.369 e. The van der Waals surface area contributed by atoms with Crippen molar-refractivity contribution in [2.75, 3.05) is 65.0 Å². The third-order valence-electron chi connectivity index (χ3n) is 8.47. The van der Waals surface area contributed by atoms with Crippen LogP contribution in [0.25, 0.3) is 44.6 Å². The molecular formula is C40H38Br3ClF6N8. The Morgan fingerprint density at radius 3 is 1.47 bits per heavy atom. The summed E-state index contributed by atoms with van der Waals surface area (Å²) in [5.41, 5.74) is 0.151. The van der Waals surface area contributed by atoms with Gasteiger partial charge in [-0.2, -0.15) is 26.3 Å². The highest BCUT2D eigenvalue weighted by molar-refractivity contribution is 9.11. The van der Waals surface area contributed by atoms with E-state index in [1.165, 1.54) is 0 Å². The number of halogens is 10. The number of benzene rings is 4. The second-order valence-corrected chi connectivity index (χ2v) is 16.8. The average Bonchev–Trinajstić information content (AvgIpc) is 3.14. The van der Waals surface area contributed by atoms with Gasteiger partial charge in [0.15, 0.2) is 11.6 Å². The van der Waals surface area contributed by atoms with Crippen LogP contribution in [-0.2, 0) is 12.4 Å². The number of aromatic nitrogens is 4. The van der Waals surface area contributed by atoms with Gasteiger partial charge in [0.1, 0.15) is 11.6 Å². The zero-order chi connectivity index (χ0) is 42.4. The lowest BCUT2D eigenvalue weighted by Crippen LogP contribution is -2.17. The van der Waals surface area contributed by atoms with Crippen LogP contribution in [0.1, 0.15) is 24.0 Å². The van der Waals surface area contributed by atoms with E-state index in [9.17, 15) is 26.3 Å². The molecule has 4 aromatic carbocycles. The Hall–Kier alpha value is -3.61. The van der Waals surface area contributed by atoms with Gasteiger partial charge >= 0.3 is 12.4 Å². The maximum Gasteiger partial charge on any atom is 0.416 e. The van der Waals surface area contributed by atoms with Crippen molar-refractivity contribution in [2.45, 2.75) is 25.2 Å². The second kappa shape index (κ2) is 19.6. The molecule has 6 aromatic rings. The van der Waals surface area contributed by atoms with Gasteiger partial charge in [0, 0.05) is 48.4 Å². The van der Waals surface area contributed by atoms with Crippen LogP contribution in [0.2, 0.25) is 5.02 Å². The fraction of sp³-hybridized carbons (Fsp3) is 0.300. The van der Waals surface area contributed by atoms with Gasteiger partial charge in [-0.15, -0.1) is 0 Å². The molecule has 0 saturated carbocycles. The summed E-state index contributed by atoms with van der Waals surface area (Å²) in [7, 11) is 7.98. The van der Waals surface area contributed by atoms with Gasteiger partial charge in [-0.3, -0.25) is 0 Å². The molecule has 6 rings (SSSR count). The first-order valence-electron chi connectivity index (χ1n) is 17.8. The molecule has 0 aliphatic heterocycles. The summed E-state index contributed by atoms with van der Waals surface area (Å²) in [5.74, 6) is 1.54. The summed E-state index contributed by atoms with van der Waals surface area (Å²) < 4.78 is 80.8. The van der Waals surface area contributed by atoms with E-state index < -0.39 is 23.5 Å². The summed E-state index contributed by atoms with van der Waals surface area (Å²) in [6, 6.07) is 18.3. The molecule has 8 nitrogen and oxygen atoms in total. The quantitative estimate of drug-likeness (QED) is 0.0927. The topological polar surface area (TPSA) is 82.1 Å². The van der Waals surface area contributed by atoms with Crippen LogP contribution in [0, 0.1) is 0 Å². The molecule has 0 atom stereocenters. The highest BCUT2D eigenvalue weighted by atomic mass is 79.9.